The summed E-state index contributed by atoms with van der Waals surface area (Å²) < 4.78 is 43.2. The molecule has 1 unspecified atom stereocenters. The van der Waals surface area contributed by atoms with E-state index in [1.807, 2.05) is 6.92 Å². The summed E-state index contributed by atoms with van der Waals surface area (Å²) in [7, 11) is 0. The molecule has 0 spiro atoms. The fraction of sp³-hybridized carbons (Fsp3) is 0.400. The topological polar surface area (TPSA) is 66.6 Å². The average Bonchev–Trinajstić information content (AvgIpc) is 3.42. The van der Waals surface area contributed by atoms with Crippen LogP contribution in [0.25, 0.3) is 6.08 Å². The number of aromatic nitrogens is 3. The highest BCUT2D eigenvalue weighted by molar-refractivity contribution is 6.25. The van der Waals surface area contributed by atoms with E-state index < -0.39 is 17.6 Å². The predicted molar refractivity (Wildman–Crippen MR) is 106 cm³/mol. The van der Waals surface area contributed by atoms with Gasteiger partial charge < -0.3 is 4.57 Å². The van der Waals surface area contributed by atoms with Crippen LogP contribution in [-0.2, 0) is 11.0 Å². The minimum absolute atomic E-state index is 0.0461. The van der Waals surface area contributed by atoms with Crippen LogP contribution >= 0.6 is 0 Å². The number of likely N-dealkylation sites (tertiary alicyclic amines) is 1. The van der Waals surface area contributed by atoms with Gasteiger partial charge >= 0.3 is 6.18 Å². The Hall–Kier alpha value is -3.01. The molecule has 1 atom stereocenters. The van der Waals surface area contributed by atoms with Crippen LogP contribution < -0.4 is 5.01 Å². The van der Waals surface area contributed by atoms with Crippen LogP contribution in [0.5, 0.6) is 0 Å². The number of rotatable bonds is 4. The molecule has 1 amide bonds. The molecule has 0 radical (unpaired) electrons. The molecule has 0 N–H and O–H groups in total. The molecule has 1 fully saturated rings. The van der Waals surface area contributed by atoms with Gasteiger partial charge in [0, 0.05) is 31.7 Å². The quantitative estimate of drug-likeness (QED) is 0.711. The molecule has 10 heteroatoms. The first-order valence-electron chi connectivity index (χ1n) is 9.66. The Bertz CT molecular complexity index is 1010. The molecule has 2 aliphatic heterocycles. The van der Waals surface area contributed by atoms with Crippen LogP contribution in [0.2, 0.25) is 0 Å². The van der Waals surface area contributed by atoms with E-state index in [2.05, 4.69) is 20.0 Å². The molecule has 0 bridgehead atoms. The summed E-state index contributed by atoms with van der Waals surface area (Å²) in [6.07, 6.45) is 5.49. The van der Waals surface area contributed by atoms with E-state index in [-0.39, 0.29) is 28.8 Å². The summed E-state index contributed by atoms with van der Waals surface area (Å²) in [6, 6.07) is 0. The van der Waals surface area contributed by atoms with Gasteiger partial charge in [0.05, 0.1) is 35.4 Å². The van der Waals surface area contributed by atoms with Crippen LogP contribution in [0.3, 0.4) is 0 Å². The molecule has 2 aromatic heterocycles. The number of halogens is 3. The molecule has 0 aliphatic carbocycles. The second-order valence-electron chi connectivity index (χ2n) is 7.38. The van der Waals surface area contributed by atoms with Gasteiger partial charge in [-0.3, -0.25) is 14.7 Å². The number of carbonyl (C=O) groups excluding carboxylic acids is 1. The zero-order chi connectivity index (χ0) is 21.5. The predicted octanol–water partition coefficient (Wildman–Crippen LogP) is 3.64. The van der Waals surface area contributed by atoms with Crippen molar-refractivity contribution >= 4 is 24.0 Å². The lowest BCUT2D eigenvalue weighted by Crippen LogP contribution is -2.28. The van der Waals surface area contributed by atoms with Gasteiger partial charge in [-0.1, -0.05) is 0 Å². The van der Waals surface area contributed by atoms with E-state index in [9.17, 15) is 18.0 Å². The molecular weight excluding hydrogens is 397 g/mol. The van der Waals surface area contributed by atoms with Crippen LogP contribution in [0.4, 0.5) is 19.0 Å². The third-order valence-corrected chi connectivity index (χ3v) is 5.43. The Morgan fingerprint density at radius 3 is 2.57 bits per heavy atom. The number of amides is 1. The van der Waals surface area contributed by atoms with Gasteiger partial charge in [-0.25, -0.2) is 4.98 Å². The van der Waals surface area contributed by atoms with Gasteiger partial charge in [0.1, 0.15) is 0 Å². The standard InChI is InChI=1S/C20H21F3N6O/c1-13-12-28(14(2)27-7-3-4-8-27)16(18(13)20(21,22)23)9-15-10-26-29(19(15)30)17-11-24-5-6-25-17/h5-6,9-12,14H,3-4,7-8H2,1-2H3/b15-9+. The highest BCUT2D eigenvalue weighted by atomic mass is 19.4. The number of hydrogen-bond donors (Lipinski definition) is 0. The first-order chi connectivity index (χ1) is 14.3. The van der Waals surface area contributed by atoms with Crippen LogP contribution in [-0.4, -0.2) is 44.6 Å². The molecule has 2 aromatic rings. The summed E-state index contributed by atoms with van der Waals surface area (Å²) in [5, 5.41) is 5.03. The minimum atomic E-state index is -4.55. The Morgan fingerprint density at radius 2 is 1.93 bits per heavy atom. The normalized spacial score (nSPS) is 20.0. The summed E-state index contributed by atoms with van der Waals surface area (Å²) >= 11 is 0. The summed E-state index contributed by atoms with van der Waals surface area (Å²) in [5.74, 6) is -0.349. The van der Waals surface area contributed by atoms with Crippen molar-refractivity contribution in [2.75, 3.05) is 18.1 Å². The number of anilines is 1. The Labute approximate surface area is 171 Å². The fourth-order valence-electron chi connectivity index (χ4n) is 3.95. The van der Waals surface area contributed by atoms with Crippen molar-refractivity contribution in [2.45, 2.75) is 39.0 Å². The van der Waals surface area contributed by atoms with E-state index in [0.29, 0.717) is 0 Å². The average molecular weight is 418 g/mol. The number of hydrazone groups is 1. The first kappa shape index (κ1) is 20.3. The summed E-state index contributed by atoms with van der Waals surface area (Å²) in [5.41, 5.74) is -0.608. The minimum Gasteiger partial charge on any atom is -0.331 e. The molecule has 158 valence electrons. The number of aryl methyl sites for hydroxylation is 1. The van der Waals surface area contributed by atoms with Crippen molar-refractivity contribution in [1.29, 1.82) is 0 Å². The molecule has 30 heavy (non-hydrogen) atoms. The Kier molecular flexibility index (Phi) is 5.19. The van der Waals surface area contributed by atoms with Gasteiger partial charge in [0.25, 0.3) is 5.91 Å². The van der Waals surface area contributed by atoms with Crippen molar-refractivity contribution < 1.29 is 18.0 Å². The van der Waals surface area contributed by atoms with Gasteiger partial charge in [0.15, 0.2) is 5.82 Å². The molecule has 0 aromatic carbocycles. The van der Waals surface area contributed by atoms with Crippen LogP contribution in [0, 0.1) is 6.92 Å². The molecule has 4 heterocycles. The van der Waals surface area contributed by atoms with E-state index in [1.54, 1.807) is 4.57 Å². The molecule has 1 saturated heterocycles. The summed E-state index contributed by atoms with van der Waals surface area (Å²) in [4.78, 5) is 22.8. The van der Waals surface area contributed by atoms with Crippen molar-refractivity contribution in [3.8, 4) is 0 Å². The zero-order valence-electron chi connectivity index (χ0n) is 16.6. The first-order valence-corrected chi connectivity index (χ1v) is 9.66. The number of nitrogens with zero attached hydrogens (tertiary/aromatic N) is 6. The lowest BCUT2D eigenvalue weighted by molar-refractivity contribution is -0.138. The van der Waals surface area contributed by atoms with Crippen LogP contribution in [0.15, 0.2) is 35.5 Å². The Balaban J connectivity index is 1.76. The third kappa shape index (κ3) is 3.62. The lowest BCUT2D eigenvalue weighted by atomic mass is 10.1. The van der Waals surface area contributed by atoms with Gasteiger partial charge in [0.2, 0.25) is 0 Å². The van der Waals surface area contributed by atoms with E-state index in [1.165, 1.54) is 44.0 Å². The highest BCUT2D eigenvalue weighted by Gasteiger charge is 2.39. The van der Waals surface area contributed by atoms with Crippen LogP contribution in [0.1, 0.15) is 42.8 Å². The monoisotopic (exact) mass is 418 g/mol. The number of carbonyl (C=O) groups is 1. The van der Waals surface area contributed by atoms with Gasteiger partial charge in [-0.15, -0.1) is 0 Å². The largest absolute Gasteiger partial charge is 0.418 e. The summed E-state index contributed by atoms with van der Waals surface area (Å²) in [6.45, 7) is 4.98. The van der Waals surface area contributed by atoms with Gasteiger partial charge in [-0.05, 0) is 38.3 Å². The zero-order valence-corrected chi connectivity index (χ0v) is 16.6. The van der Waals surface area contributed by atoms with Crippen molar-refractivity contribution in [3.63, 3.8) is 0 Å². The molecule has 2 aliphatic rings. The third-order valence-electron chi connectivity index (χ3n) is 5.43. The van der Waals surface area contributed by atoms with Crippen molar-refractivity contribution in [3.05, 3.63) is 47.2 Å². The van der Waals surface area contributed by atoms with E-state index in [4.69, 9.17) is 0 Å². The van der Waals surface area contributed by atoms with Gasteiger partial charge in [-0.2, -0.15) is 23.3 Å². The second kappa shape index (κ2) is 7.67. The number of hydrogen-bond acceptors (Lipinski definition) is 5. The second-order valence-corrected chi connectivity index (χ2v) is 7.38. The SMILES string of the molecule is Cc1cn(C(C)N2CCCC2)c(/C=C2\C=NN(c3cnccn3)C2=O)c1C(F)(F)F. The molecule has 7 nitrogen and oxygen atoms in total. The maximum absolute atomic E-state index is 13.9. The number of alkyl halides is 3. The fourth-order valence-corrected chi connectivity index (χ4v) is 3.95. The van der Waals surface area contributed by atoms with Crippen molar-refractivity contribution in [2.24, 2.45) is 5.10 Å². The highest BCUT2D eigenvalue weighted by Crippen LogP contribution is 2.39. The lowest BCUT2D eigenvalue weighted by Gasteiger charge is -2.27. The van der Waals surface area contributed by atoms with E-state index in [0.717, 1.165) is 30.9 Å². The smallest absolute Gasteiger partial charge is 0.331 e. The molecule has 4 rings (SSSR count). The maximum Gasteiger partial charge on any atom is 0.418 e. The molecular formula is C20H21F3N6O. The van der Waals surface area contributed by atoms with Crippen molar-refractivity contribution in [1.82, 2.24) is 19.4 Å². The van der Waals surface area contributed by atoms with E-state index >= 15 is 0 Å². The maximum atomic E-state index is 13.9. The Morgan fingerprint density at radius 1 is 1.20 bits per heavy atom. The molecule has 0 saturated carbocycles.